The number of sulfonamides is 1. The molecule has 2 unspecified atom stereocenters. The van der Waals surface area contributed by atoms with Crippen molar-refractivity contribution in [1.29, 1.82) is 0 Å². The Kier molecular flexibility index (Phi) is 6.48. The van der Waals surface area contributed by atoms with Crippen molar-refractivity contribution in [3.8, 4) is 0 Å². The van der Waals surface area contributed by atoms with Gasteiger partial charge in [-0.25, -0.2) is 8.42 Å². The van der Waals surface area contributed by atoms with E-state index >= 15 is 0 Å². The molecular weight excluding hydrogens is 412 g/mol. The van der Waals surface area contributed by atoms with Crippen molar-refractivity contribution < 1.29 is 17.9 Å². The second-order valence-electron chi connectivity index (χ2n) is 9.38. The van der Waals surface area contributed by atoms with E-state index in [1.807, 2.05) is 46.8 Å². The van der Waals surface area contributed by atoms with E-state index in [0.29, 0.717) is 29.9 Å². The molecular formula is C24H32N2O4S. The van der Waals surface area contributed by atoms with Gasteiger partial charge in [0, 0.05) is 24.3 Å². The van der Waals surface area contributed by atoms with Crippen molar-refractivity contribution in [1.82, 2.24) is 4.90 Å². The van der Waals surface area contributed by atoms with Crippen molar-refractivity contribution in [2.75, 3.05) is 17.8 Å². The molecule has 31 heavy (non-hydrogen) atoms. The molecule has 0 bridgehead atoms. The summed E-state index contributed by atoms with van der Waals surface area (Å²) in [4.78, 5) is 14.9. The van der Waals surface area contributed by atoms with Crippen LogP contribution in [0.2, 0.25) is 0 Å². The van der Waals surface area contributed by atoms with Gasteiger partial charge in [0.15, 0.2) is 0 Å². The van der Waals surface area contributed by atoms with Crippen LogP contribution in [0.25, 0.3) is 0 Å². The Morgan fingerprint density at radius 3 is 2.16 bits per heavy atom. The molecule has 0 radical (unpaired) electrons. The lowest BCUT2D eigenvalue weighted by atomic mass is 9.87. The second kappa shape index (κ2) is 8.63. The molecule has 0 aromatic heterocycles. The maximum Gasteiger partial charge on any atom is 0.262 e. The SMILES string of the molecule is Cc1ccc(C(C)(C)C)cc1S(=O)(=O)Nc1ccc(C(=O)N2CC(C)OC(C)C2)cc1. The number of ether oxygens (including phenoxy) is 1. The lowest BCUT2D eigenvalue weighted by Gasteiger charge is -2.35. The quantitative estimate of drug-likeness (QED) is 0.761. The number of nitrogens with one attached hydrogen (secondary N) is 1. The summed E-state index contributed by atoms with van der Waals surface area (Å²) in [6.07, 6.45) is -0.0169. The zero-order valence-electron chi connectivity index (χ0n) is 19.1. The summed E-state index contributed by atoms with van der Waals surface area (Å²) in [6, 6.07) is 12.1. The predicted molar refractivity (Wildman–Crippen MR) is 123 cm³/mol. The Morgan fingerprint density at radius 1 is 1.03 bits per heavy atom. The Hall–Kier alpha value is -2.38. The van der Waals surface area contributed by atoms with E-state index in [-0.39, 0.29) is 28.4 Å². The van der Waals surface area contributed by atoms with Crippen LogP contribution in [-0.4, -0.2) is 44.5 Å². The van der Waals surface area contributed by atoms with Crippen molar-refractivity contribution in [3.63, 3.8) is 0 Å². The Balaban J connectivity index is 1.79. The van der Waals surface area contributed by atoms with Gasteiger partial charge in [-0.15, -0.1) is 0 Å². The maximum atomic E-state index is 13.0. The van der Waals surface area contributed by atoms with Gasteiger partial charge in [0.05, 0.1) is 17.1 Å². The number of benzene rings is 2. The van der Waals surface area contributed by atoms with Crippen LogP contribution in [-0.2, 0) is 20.2 Å². The summed E-state index contributed by atoms with van der Waals surface area (Å²) in [5, 5.41) is 0. The lowest BCUT2D eigenvalue weighted by Crippen LogP contribution is -2.48. The van der Waals surface area contributed by atoms with Crippen molar-refractivity contribution in [2.24, 2.45) is 0 Å². The molecule has 0 spiro atoms. The molecule has 1 fully saturated rings. The molecule has 2 aromatic rings. The average molecular weight is 445 g/mol. The molecule has 3 rings (SSSR count). The molecule has 1 saturated heterocycles. The van der Waals surface area contributed by atoms with E-state index < -0.39 is 10.0 Å². The van der Waals surface area contributed by atoms with E-state index in [2.05, 4.69) is 4.72 Å². The fourth-order valence-corrected chi connectivity index (χ4v) is 5.10. The first-order chi connectivity index (χ1) is 14.4. The maximum absolute atomic E-state index is 13.0. The standard InChI is InChI=1S/C24H32N2O4S/c1-16-7-10-20(24(4,5)6)13-22(16)31(28,29)25-21-11-8-19(9-12-21)23(27)26-14-17(2)30-18(3)15-26/h7-13,17-18,25H,14-15H2,1-6H3. The number of amides is 1. The first kappa shape index (κ1) is 23.3. The third-order valence-corrected chi connectivity index (χ3v) is 6.96. The normalized spacial score (nSPS) is 19.9. The van der Waals surface area contributed by atoms with Crippen LogP contribution < -0.4 is 4.72 Å². The molecule has 7 heteroatoms. The van der Waals surface area contributed by atoms with Crippen LogP contribution in [0.5, 0.6) is 0 Å². The summed E-state index contributed by atoms with van der Waals surface area (Å²) in [5.74, 6) is -0.0786. The van der Waals surface area contributed by atoms with Crippen molar-refractivity contribution in [2.45, 2.75) is 64.1 Å². The van der Waals surface area contributed by atoms with Crippen LogP contribution in [0.4, 0.5) is 5.69 Å². The van der Waals surface area contributed by atoms with Gasteiger partial charge in [0.25, 0.3) is 15.9 Å². The number of hydrogen-bond acceptors (Lipinski definition) is 4. The second-order valence-corrected chi connectivity index (χ2v) is 11.0. The molecule has 1 amide bonds. The smallest absolute Gasteiger partial charge is 0.262 e. The van der Waals surface area contributed by atoms with E-state index in [1.165, 1.54) is 0 Å². The molecule has 1 heterocycles. The minimum atomic E-state index is -3.76. The number of anilines is 1. The fourth-order valence-electron chi connectivity index (χ4n) is 3.77. The molecule has 1 aliphatic heterocycles. The van der Waals surface area contributed by atoms with Crippen molar-refractivity contribution >= 4 is 21.6 Å². The summed E-state index contributed by atoms with van der Waals surface area (Å²) in [6.45, 7) is 12.9. The van der Waals surface area contributed by atoms with Crippen molar-refractivity contribution in [3.05, 3.63) is 59.2 Å². The number of carbonyl (C=O) groups is 1. The van der Waals surface area contributed by atoms with Gasteiger partial charge in [0.2, 0.25) is 0 Å². The van der Waals surface area contributed by atoms with Gasteiger partial charge in [-0.05, 0) is 67.6 Å². The molecule has 168 valence electrons. The third-order valence-electron chi connectivity index (χ3n) is 5.43. The first-order valence-corrected chi connectivity index (χ1v) is 12.0. The van der Waals surface area contributed by atoms with Crippen LogP contribution >= 0.6 is 0 Å². The summed E-state index contributed by atoms with van der Waals surface area (Å²) in [5.41, 5.74) is 2.42. The first-order valence-electron chi connectivity index (χ1n) is 10.6. The number of carbonyl (C=O) groups excluding carboxylic acids is 1. The molecule has 2 aromatic carbocycles. The fraction of sp³-hybridized carbons (Fsp3) is 0.458. The highest BCUT2D eigenvalue weighted by atomic mass is 32.2. The summed E-state index contributed by atoms with van der Waals surface area (Å²) < 4.78 is 34.4. The van der Waals surface area contributed by atoms with Gasteiger partial charge in [0.1, 0.15) is 0 Å². The van der Waals surface area contributed by atoms with E-state index in [4.69, 9.17) is 4.74 Å². The number of hydrogen-bond donors (Lipinski definition) is 1. The minimum Gasteiger partial charge on any atom is -0.372 e. The third kappa shape index (κ3) is 5.46. The zero-order chi connectivity index (χ0) is 23.0. The van der Waals surface area contributed by atoms with E-state index in [9.17, 15) is 13.2 Å². The van der Waals surface area contributed by atoms with Gasteiger partial charge in [-0.2, -0.15) is 0 Å². The Morgan fingerprint density at radius 2 is 1.61 bits per heavy atom. The van der Waals surface area contributed by atoms with Gasteiger partial charge in [-0.1, -0.05) is 32.9 Å². The number of nitrogens with zero attached hydrogens (tertiary/aromatic N) is 1. The molecule has 1 aliphatic rings. The summed E-state index contributed by atoms with van der Waals surface area (Å²) in [7, 11) is -3.76. The Bertz CT molecular complexity index is 1050. The number of rotatable bonds is 4. The monoisotopic (exact) mass is 444 g/mol. The minimum absolute atomic E-state index is 0.00844. The predicted octanol–water partition coefficient (Wildman–Crippen LogP) is 4.34. The van der Waals surface area contributed by atoms with Crippen LogP contribution in [0.1, 0.15) is 56.1 Å². The molecule has 0 saturated carbocycles. The van der Waals surface area contributed by atoms with Crippen LogP contribution in [0.3, 0.4) is 0 Å². The molecule has 0 aliphatic carbocycles. The van der Waals surface area contributed by atoms with Gasteiger partial charge >= 0.3 is 0 Å². The largest absolute Gasteiger partial charge is 0.372 e. The summed E-state index contributed by atoms with van der Waals surface area (Å²) >= 11 is 0. The van der Waals surface area contributed by atoms with E-state index in [1.54, 1.807) is 42.2 Å². The molecule has 6 nitrogen and oxygen atoms in total. The topological polar surface area (TPSA) is 75.7 Å². The van der Waals surface area contributed by atoms with Gasteiger partial charge in [-0.3, -0.25) is 9.52 Å². The zero-order valence-corrected chi connectivity index (χ0v) is 19.9. The highest BCUT2D eigenvalue weighted by Gasteiger charge is 2.27. The van der Waals surface area contributed by atoms with Gasteiger partial charge < -0.3 is 9.64 Å². The van der Waals surface area contributed by atoms with E-state index in [0.717, 1.165) is 5.56 Å². The molecule has 2 atom stereocenters. The highest BCUT2D eigenvalue weighted by Crippen LogP contribution is 2.28. The lowest BCUT2D eigenvalue weighted by molar-refractivity contribution is -0.0586. The number of morpholine rings is 1. The van der Waals surface area contributed by atoms with Crippen LogP contribution in [0.15, 0.2) is 47.4 Å². The number of aryl methyl sites for hydroxylation is 1. The average Bonchev–Trinajstić information content (AvgIpc) is 2.66. The molecule has 1 N–H and O–H groups in total. The van der Waals surface area contributed by atoms with Crippen LogP contribution in [0, 0.1) is 6.92 Å². The Labute approximate surface area is 185 Å². The highest BCUT2D eigenvalue weighted by molar-refractivity contribution is 7.92.